The minimum absolute atomic E-state index is 0.0980. The molecular weight excluding hydrogens is 354 g/mol. The lowest BCUT2D eigenvalue weighted by Gasteiger charge is -2.08. The zero-order valence-corrected chi connectivity index (χ0v) is 11.0. The van der Waals surface area contributed by atoms with Crippen molar-refractivity contribution in [2.24, 2.45) is 0 Å². The van der Waals surface area contributed by atoms with Crippen LogP contribution in [-0.4, -0.2) is 21.0 Å². The van der Waals surface area contributed by atoms with Crippen LogP contribution in [0.5, 0.6) is 11.6 Å². The van der Waals surface area contributed by atoms with Crippen LogP contribution in [-0.2, 0) is 0 Å². The van der Waals surface area contributed by atoms with Gasteiger partial charge in [-0.25, -0.2) is 19.2 Å². The van der Waals surface area contributed by atoms with Crippen LogP contribution in [0.2, 0.25) is 0 Å². The van der Waals surface area contributed by atoms with Gasteiger partial charge in [-0.2, -0.15) is 0 Å². The third-order valence-corrected chi connectivity index (χ3v) is 2.75. The number of carboxylic acid groups (broad SMARTS) is 1. The fraction of sp³-hybridized carbons (Fsp3) is 0. The van der Waals surface area contributed by atoms with Gasteiger partial charge in [0.25, 0.3) is 0 Å². The Kier molecular flexibility index (Phi) is 3.70. The molecule has 1 aromatic carbocycles. The Hall–Kier alpha value is -1.77. The molecule has 92 valence electrons. The molecule has 1 heterocycles. The number of halogens is 2. The molecule has 0 bridgehead atoms. The Labute approximate surface area is 115 Å². The average Bonchev–Trinajstić information content (AvgIpc) is 2.32. The van der Waals surface area contributed by atoms with E-state index in [4.69, 9.17) is 9.84 Å². The Balaban J connectivity index is 2.42. The van der Waals surface area contributed by atoms with Gasteiger partial charge >= 0.3 is 5.97 Å². The lowest BCUT2D eigenvalue weighted by molar-refractivity contribution is 0.0694. The first-order chi connectivity index (χ1) is 8.58. The van der Waals surface area contributed by atoms with E-state index in [-0.39, 0.29) is 17.2 Å². The molecule has 0 spiro atoms. The number of carboxylic acids is 1. The fourth-order valence-electron chi connectivity index (χ4n) is 1.24. The first-order valence-corrected chi connectivity index (χ1v) is 5.82. The van der Waals surface area contributed by atoms with Gasteiger partial charge in [-0.1, -0.05) is 0 Å². The van der Waals surface area contributed by atoms with E-state index in [2.05, 4.69) is 9.97 Å². The number of hydrogen-bond donors (Lipinski definition) is 1. The average molecular weight is 360 g/mol. The van der Waals surface area contributed by atoms with Crippen molar-refractivity contribution in [3.63, 3.8) is 0 Å². The van der Waals surface area contributed by atoms with E-state index in [1.807, 2.05) is 22.6 Å². The summed E-state index contributed by atoms with van der Waals surface area (Å²) in [7, 11) is 0. The molecule has 0 saturated heterocycles. The van der Waals surface area contributed by atoms with E-state index in [9.17, 15) is 9.18 Å². The normalized spacial score (nSPS) is 10.1. The van der Waals surface area contributed by atoms with Gasteiger partial charge in [0, 0.05) is 12.3 Å². The van der Waals surface area contributed by atoms with Crippen LogP contribution in [0.15, 0.2) is 30.7 Å². The second-order valence-corrected chi connectivity index (χ2v) is 4.39. The SMILES string of the molecule is O=C(O)c1ccc(F)cc1Oc1ncncc1I. The molecule has 0 aliphatic rings. The van der Waals surface area contributed by atoms with Gasteiger partial charge in [-0.05, 0) is 34.7 Å². The maximum Gasteiger partial charge on any atom is 0.339 e. The Morgan fingerprint density at radius 2 is 2.22 bits per heavy atom. The van der Waals surface area contributed by atoms with Crippen molar-refractivity contribution >= 4 is 28.6 Å². The molecule has 0 atom stereocenters. The van der Waals surface area contributed by atoms with Gasteiger partial charge in [0.15, 0.2) is 0 Å². The first-order valence-electron chi connectivity index (χ1n) is 4.74. The van der Waals surface area contributed by atoms with Crippen LogP contribution in [0, 0.1) is 9.39 Å². The number of aromatic carboxylic acids is 1. The summed E-state index contributed by atoms with van der Waals surface area (Å²) in [6, 6.07) is 3.20. The van der Waals surface area contributed by atoms with E-state index >= 15 is 0 Å². The molecule has 2 aromatic rings. The van der Waals surface area contributed by atoms with Gasteiger partial charge in [-0.15, -0.1) is 0 Å². The summed E-state index contributed by atoms with van der Waals surface area (Å²) in [4.78, 5) is 18.6. The van der Waals surface area contributed by atoms with Gasteiger partial charge in [0.05, 0.1) is 3.57 Å². The quantitative estimate of drug-likeness (QED) is 0.853. The second kappa shape index (κ2) is 5.25. The molecular formula is C11H6FIN2O3. The lowest BCUT2D eigenvalue weighted by atomic mass is 10.2. The first kappa shape index (κ1) is 12.7. The lowest BCUT2D eigenvalue weighted by Crippen LogP contribution is -2.02. The molecule has 2 rings (SSSR count). The zero-order valence-electron chi connectivity index (χ0n) is 8.80. The van der Waals surface area contributed by atoms with Crippen molar-refractivity contribution in [3.05, 3.63) is 45.7 Å². The molecule has 5 nitrogen and oxygen atoms in total. The van der Waals surface area contributed by atoms with E-state index in [1.165, 1.54) is 12.5 Å². The van der Waals surface area contributed by atoms with Gasteiger partial charge < -0.3 is 9.84 Å². The van der Waals surface area contributed by atoms with Gasteiger partial charge in [-0.3, -0.25) is 0 Å². The highest BCUT2D eigenvalue weighted by Crippen LogP contribution is 2.27. The summed E-state index contributed by atoms with van der Waals surface area (Å²) >= 11 is 1.93. The summed E-state index contributed by atoms with van der Waals surface area (Å²) < 4.78 is 19.0. The van der Waals surface area contributed by atoms with E-state index in [0.29, 0.717) is 3.57 Å². The molecule has 18 heavy (non-hydrogen) atoms. The number of nitrogens with zero attached hydrogens (tertiary/aromatic N) is 2. The van der Waals surface area contributed by atoms with Crippen molar-refractivity contribution in [3.8, 4) is 11.6 Å². The zero-order chi connectivity index (χ0) is 13.1. The molecule has 0 aliphatic carbocycles. The summed E-state index contributed by atoms with van der Waals surface area (Å²) in [5.74, 6) is -1.70. The molecule has 0 amide bonds. The molecule has 1 aromatic heterocycles. The summed E-state index contributed by atoms with van der Waals surface area (Å²) in [6.45, 7) is 0. The minimum Gasteiger partial charge on any atom is -0.478 e. The molecule has 0 unspecified atom stereocenters. The van der Waals surface area contributed by atoms with Crippen molar-refractivity contribution < 1.29 is 19.0 Å². The summed E-state index contributed by atoms with van der Waals surface area (Å²) in [5.41, 5.74) is -0.134. The standard InChI is InChI=1S/C11H6FIN2O3/c12-6-1-2-7(11(16)17)9(3-6)18-10-8(13)4-14-5-15-10/h1-5H,(H,16,17). The summed E-state index contributed by atoms with van der Waals surface area (Å²) in [5, 5.41) is 8.97. The van der Waals surface area contributed by atoms with Crippen LogP contribution in [0.1, 0.15) is 10.4 Å². The number of ether oxygens (including phenoxy) is 1. The number of hydrogen-bond acceptors (Lipinski definition) is 4. The molecule has 0 saturated carbocycles. The number of carbonyl (C=O) groups is 1. The van der Waals surface area contributed by atoms with Crippen molar-refractivity contribution in [2.75, 3.05) is 0 Å². The molecule has 7 heteroatoms. The van der Waals surface area contributed by atoms with Crippen molar-refractivity contribution in [1.82, 2.24) is 9.97 Å². The van der Waals surface area contributed by atoms with E-state index < -0.39 is 11.8 Å². The van der Waals surface area contributed by atoms with Crippen LogP contribution in [0.3, 0.4) is 0 Å². The molecule has 1 N–H and O–H groups in total. The third kappa shape index (κ3) is 2.73. The van der Waals surface area contributed by atoms with Crippen LogP contribution in [0.4, 0.5) is 4.39 Å². The van der Waals surface area contributed by atoms with E-state index in [1.54, 1.807) is 0 Å². The van der Waals surface area contributed by atoms with Crippen molar-refractivity contribution in [2.45, 2.75) is 0 Å². The highest BCUT2D eigenvalue weighted by atomic mass is 127. The maximum atomic E-state index is 13.1. The molecule has 0 fully saturated rings. The highest BCUT2D eigenvalue weighted by Gasteiger charge is 2.14. The number of benzene rings is 1. The fourth-order valence-corrected chi connectivity index (χ4v) is 1.65. The summed E-state index contributed by atoms with van der Waals surface area (Å²) in [6.07, 6.45) is 2.76. The van der Waals surface area contributed by atoms with Crippen molar-refractivity contribution in [1.29, 1.82) is 0 Å². The Morgan fingerprint density at radius 3 is 2.89 bits per heavy atom. The Bertz CT molecular complexity index is 607. The number of rotatable bonds is 3. The maximum absolute atomic E-state index is 13.1. The smallest absolute Gasteiger partial charge is 0.339 e. The predicted octanol–water partition coefficient (Wildman–Crippen LogP) is 2.71. The second-order valence-electron chi connectivity index (χ2n) is 3.22. The topological polar surface area (TPSA) is 72.3 Å². The minimum atomic E-state index is -1.20. The Morgan fingerprint density at radius 1 is 1.44 bits per heavy atom. The highest BCUT2D eigenvalue weighted by molar-refractivity contribution is 14.1. The van der Waals surface area contributed by atoms with Gasteiger partial charge in [0.2, 0.25) is 5.88 Å². The molecule has 0 radical (unpaired) electrons. The third-order valence-electron chi connectivity index (χ3n) is 2.01. The number of aromatic nitrogens is 2. The van der Waals surface area contributed by atoms with Crippen LogP contribution >= 0.6 is 22.6 Å². The largest absolute Gasteiger partial charge is 0.478 e. The van der Waals surface area contributed by atoms with Gasteiger partial charge in [0.1, 0.15) is 23.5 Å². The monoisotopic (exact) mass is 360 g/mol. The van der Waals surface area contributed by atoms with Crippen LogP contribution in [0.25, 0.3) is 0 Å². The predicted molar refractivity (Wildman–Crippen MR) is 68.2 cm³/mol. The molecule has 0 aliphatic heterocycles. The van der Waals surface area contributed by atoms with Crippen LogP contribution < -0.4 is 4.74 Å². The van der Waals surface area contributed by atoms with E-state index in [0.717, 1.165) is 18.2 Å².